The second-order valence-corrected chi connectivity index (χ2v) is 12.7. The van der Waals surface area contributed by atoms with Gasteiger partial charge < -0.3 is 19.2 Å². The number of aromatic nitrogens is 2. The van der Waals surface area contributed by atoms with Crippen molar-refractivity contribution in [1.29, 1.82) is 0 Å². The first-order chi connectivity index (χ1) is 18.2. The zero-order valence-corrected chi connectivity index (χ0v) is 24.6. The molecule has 2 aromatic carbocycles. The number of fused-ring (bicyclic) bond motifs is 3. The molecular weight excluding hydrogens is 564 g/mol. The minimum atomic E-state index is -0.0782. The van der Waals surface area contributed by atoms with Crippen LogP contribution in [0.1, 0.15) is 44.1 Å². The third kappa shape index (κ3) is 5.61. The Balaban J connectivity index is 1.35. The Morgan fingerprint density at radius 2 is 1.89 bits per heavy atom. The summed E-state index contributed by atoms with van der Waals surface area (Å²) >= 11 is 5.29. The van der Waals surface area contributed by atoms with Gasteiger partial charge in [0.05, 0.1) is 30.2 Å². The molecule has 1 unspecified atom stereocenters. The van der Waals surface area contributed by atoms with Crippen molar-refractivity contribution < 1.29 is 14.2 Å². The number of methoxy groups -OCH3 is 1. The van der Waals surface area contributed by atoms with E-state index in [9.17, 15) is 4.79 Å². The fraction of sp³-hybridized carbons (Fsp3) is 0.400. The van der Waals surface area contributed by atoms with E-state index in [1.807, 2.05) is 42.5 Å². The molecule has 0 amide bonds. The molecule has 0 fully saturated rings. The number of nitrogens with one attached hydrogen (secondary N) is 1. The van der Waals surface area contributed by atoms with Crippen LogP contribution in [0.25, 0.3) is 21.6 Å². The number of rotatable bonds is 8. The van der Waals surface area contributed by atoms with E-state index in [1.165, 1.54) is 10.4 Å². The van der Waals surface area contributed by atoms with E-state index in [2.05, 4.69) is 41.7 Å². The van der Waals surface area contributed by atoms with Crippen LogP contribution in [0.15, 0.2) is 51.7 Å². The summed E-state index contributed by atoms with van der Waals surface area (Å²) in [5, 5.41) is 0.754. The number of hydrogen-bond acceptors (Lipinski definition) is 6. The zero-order valence-electron chi connectivity index (χ0n) is 22.2. The van der Waals surface area contributed by atoms with Crippen LogP contribution in [0.2, 0.25) is 0 Å². The molecule has 1 aliphatic carbocycles. The summed E-state index contributed by atoms with van der Waals surface area (Å²) in [6.07, 6.45) is 3.77. The minimum absolute atomic E-state index is 0.0782. The Hall–Kier alpha value is -2.84. The fourth-order valence-electron chi connectivity index (χ4n) is 5.00. The number of benzene rings is 2. The third-order valence-electron chi connectivity index (χ3n) is 7.19. The number of halogens is 1. The van der Waals surface area contributed by atoms with Crippen LogP contribution in [0.3, 0.4) is 0 Å². The topological polar surface area (TPSA) is 73.4 Å². The van der Waals surface area contributed by atoms with Crippen LogP contribution in [0.5, 0.6) is 17.2 Å². The van der Waals surface area contributed by atoms with Crippen LogP contribution in [0, 0.1) is 11.3 Å². The van der Waals surface area contributed by atoms with Crippen molar-refractivity contribution in [2.24, 2.45) is 11.3 Å². The Morgan fingerprint density at radius 1 is 1.13 bits per heavy atom. The summed E-state index contributed by atoms with van der Waals surface area (Å²) in [5.41, 5.74) is 2.11. The van der Waals surface area contributed by atoms with E-state index in [1.54, 1.807) is 18.4 Å². The van der Waals surface area contributed by atoms with Crippen LogP contribution < -0.4 is 19.8 Å². The van der Waals surface area contributed by atoms with Crippen molar-refractivity contribution in [2.75, 3.05) is 20.3 Å². The molecule has 0 saturated heterocycles. The lowest BCUT2D eigenvalue weighted by Crippen LogP contribution is -2.26. The molecule has 0 saturated carbocycles. The first-order valence-electron chi connectivity index (χ1n) is 13.0. The number of aryl methyl sites for hydroxylation is 1. The maximum Gasteiger partial charge on any atom is 0.260 e. The zero-order chi connectivity index (χ0) is 26.9. The molecule has 1 aliphatic rings. The van der Waals surface area contributed by atoms with Gasteiger partial charge in [-0.15, -0.1) is 11.3 Å². The molecule has 0 radical (unpaired) electrons. The van der Waals surface area contributed by atoms with Gasteiger partial charge in [-0.3, -0.25) is 4.79 Å². The largest absolute Gasteiger partial charge is 0.493 e. The summed E-state index contributed by atoms with van der Waals surface area (Å²) in [6.45, 7) is 7.93. The van der Waals surface area contributed by atoms with E-state index in [0.29, 0.717) is 36.5 Å². The average molecular weight is 598 g/mol. The highest BCUT2D eigenvalue weighted by atomic mass is 79.9. The summed E-state index contributed by atoms with van der Waals surface area (Å²) < 4.78 is 18.1. The van der Waals surface area contributed by atoms with Crippen molar-refractivity contribution in [3.63, 3.8) is 0 Å². The molecule has 38 heavy (non-hydrogen) atoms. The van der Waals surface area contributed by atoms with Crippen molar-refractivity contribution in [2.45, 2.75) is 46.5 Å². The SMILES string of the molecule is COc1cc(-c2nc3sc4c(c3c(=O)[nH]2)CCC(C(C)(C)C)C4)cc(Br)c1OCCCOc1ccccc1. The minimum Gasteiger partial charge on any atom is -0.493 e. The maximum absolute atomic E-state index is 13.2. The summed E-state index contributed by atoms with van der Waals surface area (Å²) in [6, 6.07) is 13.5. The van der Waals surface area contributed by atoms with Gasteiger partial charge in [0.1, 0.15) is 16.4 Å². The predicted molar refractivity (Wildman–Crippen MR) is 157 cm³/mol. The van der Waals surface area contributed by atoms with Gasteiger partial charge in [0.25, 0.3) is 5.56 Å². The average Bonchev–Trinajstić information content (AvgIpc) is 3.27. The summed E-state index contributed by atoms with van der Waals surface area (Å²) in [7, 11) is 1.61. The third-order valence-corrected chi connectivity index (χ3v) is 8.93. The Morgan fingerprint density at radius 3 is 2.63 bits per heavy atom. The van der Waals surface area contributed by atoms with Gasteiger partial charge in [-0.05, 0) is 76.4 Å². The number of para-hydroxylation sites is 1. The maximum atomic E-state index is 13.2. The number of thiophene rings is 1. The second kappa shape index (κ2) is 11.1. The van der Waals surface area contributed by atoms with Crippen molar-refractivity contribution >= 4 is 37.5 Å². The van der Waals surface area contributed by atoms with Gasteiger partial charge in [0, 0.05) is 16.9 Å². The first kappa shape index (κ1) is 26.8. The van der Waals surface area contributed by atoms with Crippen LogP contribution in [-0.4, -0.2) is 30.3 Å². The molecule has 1 atom stereocenters. The van der Waals surface area contributed by atoms with Crippen LogP contribution in [0.4, 0.5) is 0 Å². The lowest BCUT2D eigenvalue weighted by Gasteiger charge is -2.33. The second-order valence-electron chi connectivity index (χ2n) is 10.8. The smallest absolute Gasteiger partial charge is 0.260 e. The number of hydrogen-bond donors (Lipinski definition) is 1. The fourth-order valence-corrected chi connectivity index (χ4v) is 6.85. The molecular formula is C30H33BrN2O4S. The summed E-state index contributed by atoms with van der Waals surface area (Å²) in [4.78, 5) is 23.2. The highest BCUT2D eigenvalue weighted by Gasteiger charge is 2.31. The highest BCUT2D eigenvalue weighted by Crippen LogP contribution is 2.43. The number of H-pyrrole nitrogens is 1. The predicted octanol–water partition coefficient (Wildman–Crippen LogP) is 7.42. The highest BCUT2D eigenvalue weighted by molar-refractivity contribution is 9.10. The lowest BCUT2D eigenvalue weighted by atomic mass is 9.72. The lowest BCUT2D eigenvalue weighted by molar-refractivity contribution is 0.218. The first-order valence-corrected chi connectivity index (χ1v) is 14.6. The Kier molecular flexibility index (Phi) is 7.82. The van der Waals surface area contributed by atoms with Crippen LogP contribution in [-0.2, 0) is 12.8 Å². The van der Waals surface area contributed by atoms with Gasteiger partial charge in [0.2, 0.25) is 0 Å². The van der Waals surface area contributed by atoms with Crippen molar-refractivity contribution in [1.82, 2.24) is 9.97 Å². The monoisotopic (exact) mass is 596 g/mol. The molecule has 0 bridgehead atoms. The molecule has 0 aliphatic heterocycles. The quantitative estimate of drug-likeness (QED) is 0.214. The molecule has 8 heteroatoms. The van der Waals surface area contributed by atoms with Gasteiger partial charge in [-0.1, -0.05) is 39.0 Å². The van der Waals surface area contributed by atoms with Crippen LogP contribution >= 0.6 is 27.3 Å². The molecule has 2 heterocycles. The van der Waals surface area contributed by atoms with E-state index in [4.69, 9.17) is 19.2 Å². The number of aromatic amines is 1. The van der Waals surface area contributed by atoms with E-state index in [0.717, 1.165) is 51.7 Å². The molecule has 4 aromatic rings. The number of ether oxygens (including phenoxy) is 3. The standard InChI is InChI=1S/C30H33BrN2O4S/c1-30(2,3)19-11-12-21-24(17-19)38-29-25(21)28(34)32-27(33-29)18-15-22(31)26(23(16-18)35-4)37-14-8-13-36-20-9-6-5-7-10-20/h5-7,9-10,15-16,19H,8,11-14,17H2,1-4H3,(H,32,33,34). The van der Waals surface area contributed by atoms with Crippen molar-refractivity contribution in [3.05, 3.63) is 67.7 Å². The van der Waals surface area contributed by atoms with E-state index < -0.39 is 0 Å². The molecule has 6 nitrogen and oxygen atoms in total. The molecule has 0 spiro atoms. The van der Waals surface area contributed by atoms with Crippen molar-refractivity contribution in [3.8, 4) is 28.6 Å². The van der Waals surface area contributed by atoms with E-state index in [-0.39, 0.29) is 11.0 Å². The van der Waals surface area contributed by atoms with Gasteiger partial charge in [-0.2, -0.15) is 0 Å². The molecule has 2 aromatic heterocycles. The molecule has 5 rings (SSSR count). The normalized spacial score (nSPS) is 15.3. The molecule has 1 N–H and O–H groups in total. The Bertz CT molecular complexity index is 1490. The summed E-state index contributed by atoms with van der Waals surface area (Å²) in [5.74, 6) is 3.16. The Labute approximate surface area is 235 Å². The van der Waals surface area contributed by atoms with E-state index >= 15 is 0 Å². The van der Waals surface area contributed by atoms with Gasteiger partial charge in [0.15, 0.2) is 11.5 Å². The number of nitrogens with zero attached hydrogens (tertiary/aromatic N) is 1. The van der Waals surface area contributed by atoms with Gasteiger partial charge >= 0.3 is 0 Å². The van der Waals surface area contributed by atoms with Gasteiger partial charge in [-0.25, -0.2) is 4.98 Å². The molecule has 200 valence electrons.